The Labute approximate surface area is 214 Å². The minimum Gasteiger partial charge on any atom is -0.496 e. The summed E-state index contributed by atoms with van der Waals surface area (Å²) < 4.78 is 44.8. The summed E-state index contributed by atoms with van der Waals surface area (Å²) in [6.45, 7) is 5.65. The molecular weight excluding hydrogens is 480 g/mol. The lowest BCUT2D eigenvalue weighted by Gasteiger charge is -2.41. The molecule has 0 aliphatic carbocycles. The zero-order chi connectivity index (χ0) is 25.8. The minimum atomic E-state index is -3.64. The topological polar surface area (TPSA) is 94.2 Å². The SMILES string of the molecule is CCC1(CC)C[C@H](NC(=O)CCc2cc(S(=O)(=O)N3CCOCC3)ccc2OC)c2ccccc2O1. The number of amides is 1. The van der Waals surface area contributed by atoms with Gasteiger partial charge in [0.25, 0.3) is 0 Å². The highest BCUT2D eigenvalue weighted by Crippen LogP contribution is 2.42. The first kappa shape index (κ1) is 26.4. The summed E-state index contributed by atoms with van der Waals surface area (Å²) >= 11 is 0. The molecular formula is C27H36N2O6S. The molecule has 196 valence electrons. The molecule has 4 rings (SSSR count). The van der Waals surface area contributed by atoms with E-state index in [9.17, 15) is 13.2 Å². The molecule has 0 aromatic heterocycles. The van der Waals surface area contributed by atoms with E-state index in [-0.39, 0.29) is 28.9 Å². The summed E-state index contributed by atoms with van der Waals surface area (Å²) in [7, 11) is -2.10. The predicted octanol–water partition coefficient (Wildman–Crippen LogP) is 3.85. The van der Waals surface area contributed by atoms with Crippen LogP contribution in [-0.4, -0.2) is 57.6 Å². The number of rotatable bonds is 9. The smallest absolute Gasteiger partial charge is 0.243 e. The Kier molecular flexibility index (Phi) is 8.22. The number of hydrogen-bond donors (Lipinski definition) is 1. The number of aryl methyl sites for hydroxylation is 1. The van der Waals surface area contributed by atoms with Gasteiger partial charge in [-0.3, -0.25) is 4.79 Å². The molecule has 0 saturated carbocycles. The zero-order valence-corrected chi connectivity index (χ0v) is 22.1. The van der Waals surface area contributed by atoms with Crippen LogP contribution in [0.3, 0.4) is 0 Å². The van der Waals surface area contributed by atoms with Crippen molar-refractivity contribution in [3.05, 3.63) is 53.6 Å². The second-order valence-corrected chi connectivity index (χ2v) is 11.3. The van der Waals surface area contributed by atoms with Crippen LogP contribution in [0.1, 0.15) is 56.7 Å². The first-order chi connectivity index (χ1) is 17.3. The predicted molar refractivity (Wildman–Crippen MR) is 137 cm³/mol. The molecule has 1 N–H and O–H groups in total. The third-order valence-corrected chi connectivity index (χ3v) is 9.20. The van der Waals surface area contributed by atoms with Gasteiger partial charge in [-0.25, -0.2) is 8.42 Å². The summed E-state index contributed by atoms with van der Waals surface area (Å²) in [6, 6.07) is 12.6. The number of fused-ring (bicyclic) bond motifs is 1. The quantitative estimate of drug-likeness (QED) is 0.544. The number of morpholine rings is 1. The van der Waals surface area contributed by atoms with Crippen molar-refractivity contribution in [2.24, 2.45) is 0 Å². The van der Waals surface area contributed by atoms with Crippen LogP contribution in [0, 0.1) is 0 Å². The monoisotopic (exact) mass is 516 g/mol. The van der Waals surface area contributed by atoms with Crippen LogP contribution in [0.5, 0.6) is 11.5 Å². The number of carbonyl (C=O) groups is 1. The Morgan fingerprint density at radius 1 is 1.14 bits per heavy atom. The highest BCUT2D eigenvalue weighted by molar-refractivity contribution is 7.89. The standard InChI is InChI=1S/C27H36N2O6S/c1-4-27(5-2)19-23(22-8-6-7-9-25(22)35-27)28-26(30)13-10-20-18-21(11-12-24(20)33-3)36(31,32)29-14-16-34-17-15-29/h6-9,11-12,18,23H,4-5,10,13-17,19H2,1-3H3,(H,28,30)/t23-/m0/s1. The number of sulfonamides is 1. The van der Waals surface area contributed by atoms with Crippen LogP contribution >= 0.6 is 0 Å². The molecule has 8 nitrogen and oxygen atoms in total. The van der Waals surface area contributed by atoms with Crippen molar-refractivity contribution in [3.63, 3.8) is 0 Å². The van der Waals surface area contributed by atoms with E-state index in [4.69, 9.17) is 14.2 Å². The van der Waals surface area contributed by atoms with Crippen LogP contribution in [0.15, 0.2) is 47.4 Å². The van der Waals surface area contributed by atoms with E-state index >= 15 is 0 Å². The molecule has 36 heavy (non-hydrogen) atoms. The first-order valence-electron chi connectivity index (χ1n) is 12.6. The molecule has 1 fully saturated rings. The number of para-hydroxylation sites is 1. The van der Waals surface area contributed by atoms with Gasteiger partial charge in [0, 0.05) is 31.5 Å². The lowest BCUT2D eigenvalue weighted by atomic mass is 9.83. The van der Waals surface area contributed by atoms with Gasteiger partial charge in [-0.2, -0.15) is 4.31 Å². The summed E-state index contributed by atoms with van der Waals surface area (Å²) in [4.78, 5) is 13.3. The highest BCUT2D eigenvalue weighted by Gasteiger charge is 2.39. The fraction of sp³-hybridized carbons (Fsp3) is 0.519. The van der Waals surface area contributed by atoms with Crippen LogP contribution in [0.25, 0.3) is 0 Å². The Hall–Kier alpha value is -2.62. The Morgan fingerprint density at radius 2 is 1.86 bits per heavy atom. The lowest BCUT2D eigenvalue weighted by molar-refractivity contribution is -0.122. The van der Waals surface area contributed by atoms with Gasteiger partial charge in [0.05, 0.1) is 31.3 Å². The number of methoxy groups -OCH3 is 1. The molecule has 0 spiro atoms. The third-order valence-electron chi connectivity index (χ3n) is 7.30. The van der Waals surface area contributed by atoms with Crippen LogP contribution in [0.4, 0.5) is 0 Å². The number of nitrogens with one attached hydrogen (secondary N) is 1. The van der Waals surface area contributed by atoms with Crippen molar-refractivity contribution < 1.29 is 27.4 Å². The number of benzene rings is 2. The van der Waals surface area contributed by atoms with E-state index in [1.54, 1.807) is 25.3 Å². The second-order valence-electron chi connectivity index (χ2n) is 9.34. The fourth-order valence-corrected chi connectivity index (χ4v) is 6.45. The number of carbonyl (C=O) groups excluding carboxylic acids is 1. The van der Waals surface area contributed by atoms with E-state index in [0.29, 0.717) is 50.5 Å². The number of ether oxygens (including phenoxy) is 3. The van der Waals surface area contributed by atoms with Gasteiger partial charge in [-0.05, 0) is 49.1 Å². The Morgan fingerprint density at radius 3 is 2.56 bits per heavy atom. The van der Waals surface area contributed by atoms with Crippen LogP contribution in [0.2, 0.25) is 0 Å². The average Bonchev–Trinajstić information content (AvgIpc) is 2.92. The molecule has 2 aromatic carbocycles. The highest BCUT2D eigenvalue weighted by atomic mass is 32.2. The van der Waals surface area contributed by atoms with Gasteiger partial charge >= 0.3 is 0 Å². The maximum absolute atomic E-state index is 13.1. The van der Waals surface area contributed by atoms with Crippen LogP contribution < -0.4 is 14.8 Å². The van der Waals surface area contributed by atoms with E-state index in [1.165, 1.54) is 4.31 Å². The molecule has 1 saturated heterocycles. The van der Waals surface area contributed by atoms with Gasteiger partial charge in [0.1, 0.15) is 17.1 Å². The fourth-order valence-electron chi connectivity index (χ4n) is 4.99. The molecule has 1 atom stereocenters. The normalized spacial score (nSPS) is 19.7. The molecule has 2 aliphatic rings. The summed E-state index contributed by atoms with van der Waals surface area (Å²) in [5, 5.41) is 3.20. The summed E-state index contributed by atoms with van der Waals surface area (Å²) in [5.74, 6) is 1.29. The van der Waals surface area contributed by atoms with Crippen molar-refractivity contribution in [1.82, 2.24) is 9.62 Å². The molecule has 1 amide bonds. The van der Waals surface area contributed by atoms with E-state index in [1.807, 2.05) is 24.3 Å². The van der Waals surface area contributed by atoms with Crippen molar-refractivity contribution in [2.75, 3.05) is 33.4 Å². The van der Waals surface area contributed by atoms with Crippen molar-refractivity contribution >= 4 is 15.9 Å². The maximum atomic E-state index is 13.1. The van der Waals surface area contributed by atoms with E-state index < -0.39 is 10.0 Å². The first-order valence-corrected chi connectivity index (χ1v) is 14.1. The molecule has 9 heteroatoms. The number of nitrogens with zero attached hydrogens (tertiary/aromatic N) is 1. The summed E-state index contributed by atoms with van der Waals surface area (Å²) in [5.41, 5.74) is 1.36. The van der Waals surface area contributed by atoms with Crippen molar-refractivity contribution in [2.45, 2.75) is 62.5 Å². The maximum Gasteiger partial charge on any atom is 0.243 e. The lowest BCUT2D eigenvalue weighted by Crippen LogP contribution is -2.44. The molecule has 0 bridgehead atoms. The van der Waals surface area contributed by atoms with Gasteiger partial charge in [-0.15, -0.1) is 0 Å². The van der Waals surface area contributed by atoms with Gasteiger partial charge in [-0.1, -0.05) is 32.0 Å². The van der Waals surface area contributed by atoms with Crippen molar-refractivity contribution in [1.29, 1.82) is 0 Å². The zero-order valence-electron chi connectivity index (χ0n) is 21.3. The number of hydrogen-bond acceptors (Lipinski definition) is 6. The van der Waals surface area contributed by atoms with Crippen LogP contribution in [-0.2, 0) is 26.0 Å². The molecule has 2 heterocycles. The van der Waals surface area contributed by atoms with E-state index in [2.05, 4.69) is 19.2 Å². The van der Waals surface area contributed by atoms with E-state index in [0.717, 1.165) is 24.2 Å². The molecule has 0 unspecified atom stereocenters. The minimum absolute atomic E-state index is 0.0960. The third kappa shape index (κ3) is 5.53. The van der Waals surface area contributed by atoms with Gasteiger partial charge in [0.2, 0.25) is 15.9 Å². The average molecular weight is 517 g/mol. The largest absolute Gasteiger partial charge is 0.496 e. The second kappa shape index (κ2) is 11.2. The Balaban J connectivity index is 1.48. The molecule has 2 aromatic rings. The Bertz CT molecular complexity index is 1170. The molecule has 0 radical (unpaired) electrons. The van der Waals surface area contributed by atoms with Gasteiger partial charge < -0.3 is 19.5 Å². The van der Waals surface area contributed by atoms with Crippen molar-refractivity contribution in [3.8, 4) is 11.5 Å². The summed E-state index contributed by atoms with van der Waals surface area (Å²) in [6.07, 6.45) is 2.98. The van der Waals surface area contributed by atoms with Gasteiger partial charge in [0.15, 0.2) is 0 Å². The molecule has 2 aliphatic heterocycles.